The van der Waals surface area contributed by atoms with E-state index in [0.717, 1.165) is 4.90 Å². The van der Waals surface area contributed by atoms with Crippen molar-refractivity contribution >= 4 is 5.97 Å². The van der Waals surface area contributed by atoms with E-state index in [0.29, 0.717) is 11.1 Å². The highest BCUT2D eigenvalue weighted by Gasteiger charge is 2.29. The summed E-state index contributed by atoms with van der Waals surface area (Å²) >= 11 is 0. The van der Waals surface area contributed by atoms with E-state index in [1.807, 2.05) is 0 Å². The van der Waals surface area contributed by atoms with Gasteiger partial charge in [-0.25, -0.2) is 0 Å². The molecule has 0 heterocycles. The van der Waals surface area contributed by atoms with Gasteiger partial charge < -0.3 is 5.11 Å². The van der Waals surface area contributed by atoms with Gasteiger partial charge in [0.05, 0.1) is 12.5 Å². The Morgan fingerprint density at radius 3 is 2.26 bits per heavy atom. The average molecular weight is 275 g/mol. The van der Waals surface area contributed by atoms with Crippen LogP contribution in [0.1, 0.15) is 24.0 Å². The van der Waals surface area contributed by atoms with Crippen LogP contribution in [0.5, 0.6) is 0 Å². The van der Waals surface area contributed by atoms with Gasteiger partial charge in [-0.3, -0.25) is 9.69 Å². The van der Waals surface area contributed by atoms with Gasteiger partial charge in [0, 0.05) is 6.54 Å². The van der Waals surface area contributed by atoms with Gasteiger partial charge in [0.15, 0.2) is 0 Å². The van der Waals surface area contributed by atoms with Gasteiger partial charge in [-0.05, 0) is 25.1 Å². The maximum absolute atomic E-state index is 12.2. The first-order valence-corrected chi connectivity index (χ1v) is 5.76. The maximum Gasteiger partial charge on any atom is 0.401 e. The summed E-state index contributed by atoms with van der Waals surface area (Å²) in [6.07, 6.45) is -4.22. The minimum atomic E-state index is -4.22. The minimum Gasteiger partial charge on any atom is -0.481 e. The number of rotatable bonds is 5. The molecule has 106 valence electrons. The van der Waals surface area contributed by atoms with E-state index in [-0.39, 0.29) is 6.54 Å². The summed E-state index contributed by atoms with van der Waals surface area (Å²) in [5, 5.41) is 8.84. The first-order valence-electron chi connectivity index (χ1n) is 5.76. The largest absolute Gasteiger partial charge is 0.481 e. The van der Waals surface area contributed by atoms with Crippen molar-refractivity contribution < 1.29 is 23.1 Å². The van der Waals surface area contributed by atoms with Gasteiger partial charge in [-0.1, -0.05) is 24.3 Å². The van der Waals surface area contributed by atoms with E-state index in [4.69, 9.17) is 5.11 Å². The van der Waals surface area contributed by atoms with E-state index < -0.39 is 24.6 Å². The highest BCUT2D eigenvalue weighted by Crippen LogP contribution is 2.19. The van der Waals surface area contributed by atoms with E-state index in [1.165, 1.54) is 7.05 Å². The summed E-state index contributed by atoms with van der Waals surface area (Å²) in [5.74, 6) is -1.55. The first-order chi connectivity index (χ1) is 8.69. The number of hydrogen-bond acceptors (Lipinski definition) is 2. The molecule has 0 bridgehead atoms. The number of hydrogen-bond donors (Lipinski definition) is 1. The number of carboxylic acid groups (broad SMARTS) is 1. The molecular weight excluding hydrogens is 259 g/mol. The van der Waals surface area contributed by atoms with Crippen molar-refractivity contribution in [1.82, 2.24) is 4.90 Å². The Balaban J connectivity index is 2.64. The molecule has 0 amide bonds. The van der Waals surface area contributed by atoms with Crippen molar-refractivity contribution in [3.8, 4) is 0 Å². The lowest BCUT2D eigenvalue weighted by Gasteiger charge is -2.18. The van der Waals surface area contributed by atoms with E-state index >= 15 is 0 Å². The molecule has 0 aliphatic carbocycles. The SMILES string of the molecule is CC(C(=O)O)c1ccc(CN(C)CC(F)(F)F)cc1. The lowest BCUT2D eigenvalue weighted by atomic mass is 10.00. The molecule has 6 heteroatoms. The summed E-state index contributed by atoms with van der Waals surface area (Å²) in [5.41, 5.74) is 1.35. The van der Waals surface area contributed by atoms with Gasteiger partial charge >= 0.3 is 12.1 Å². The third-order valence-electron chi connectivity index (χ3n) is 2.75. The first kappa shape index (κ1) is 15.5. The molecule has 19 heavy (non-hydrogen) atoms. The highest BCUT2D eigenvalue weighted by molar-refractivity contribution is 5.75. The summed E-state index contributed by atoms with van der Waals surface area (Å²) in [6, 6.07) is 6.58. The second-order valence-corrected chi connectivity index (χ2v) is 4.59. The predicted molar refractivity (Wildman–Crippen MR) is 64.9 cm³/mol. The van der Waals surface area contributed by atoms with Crippen LogP contribution in [0.15, 0.2) is 24.3 Å². The Morgan fingerprint density at radius 2 is 1.84 bits per heavy atom. The molecule has 1 aromatic carbocycles. The van der Waals surface area contributed by atoms with Gasteiger partial charge in [0.2, 0.25) is 0 Å². The monoisotopic (exact) mass is 275 g/mol. The molecule has 0 spiro atoms. The molecule has 3 nitrogen and oxygen atoms in total. The lowest BCUT2D eigenvalue weighted by Crippen LogP contribution is -2.30. The van der Waals surface area contributed by atoms with Crippen LogP contribution in [0.25, 0.3) is 0 Å². The van der Waals surface area contributed by atoms with Crippen molar-refractivity contribution in [1.29, 1.82) is 0 Å². The fourth-order valence-electron chi connectivity index (χ4n) is 1.73. The zero-order valence-electron chi connectivity index (χ0n) is 10.7. The van der Waals surface area contributed by atoms with Crippen molar-refractivity contribution in [2.24, 2.45) is 0 Å². The second-order valence-electron chi connectivity index (χ2n) is 4.59. The van der Waals surface area contributed by atoms with Gasteiger partial charge in [-0.2, -0.15) is 13.2 Å². The second kappa shape index (κ2) is 6.06. The highest BCUT2D eigenvalue weighted by atomic mass is 19.4. The quantitative estimate of drug-likeness (QED) is 0.898. The minimum absolute atomic E-state index is 0.168. The number of halogens is 3. The molecular formula is C13H16F3NO2. The van der Waals surface area contributed by atoms with Gasteiger partial charge in [0.1, 0.15) is 0 Å². The van der Waals surface area contributed by atoms with E-state index in [2.05, 4.69) is 0 Å². The molecule has 0 aromatic heterocycles. The predicted octanol–water partition coefficient (Wildman–Crippen LogP) is 2.87. The molecule has 1 unspecified atom stereocenters. The topological polar surface area (TPSA) is 40.5 Å². The molecule has 0 fully saturated rings. The van der Waals surface area contributed by atoms with Gasteiger partial charge in [-0.15, -0.1) is 0 Å². The fourth-order valence-corrected chi connectivity index (χ4v) is 1.73. The Labute approximate surface area is 109 Å². The average Bonchev–Trinajstić information content (AvgIpc) is 2.26. The van der Waals surface area contributed by atoms with Crippen LogP contribution < -0.4 is 0 Å². The number of carbonyl (C=O) groups is 1. The number of aliphatic carboxylic acids is 1. The zero-order valence-corrected chi connectivity index (χ0v) is 10.7. The number of nitrogens with zero attached hydrogens (tertiary/aromatic N) is 1. The smallest absolute Gasteiger partial charge is 0.401 e. The van der Waals surface area contributed by atoms with Crippen LogP contribution in [0, 0.1) is 0 Å². The van der Waals surface area contributed by atoms with Crippen molar-refractivity contribution in [2.75, 3.05) is 13.6 Å². The Bertz CT molecular complexity index is 429. The fraction of sp³-hybridized carbons (Fsp3) is 0.462. The molecule has 0 saturated heterocycles. The molecule has 0 aliphatic heterocycles. The summed E-state index contributed by atoms with van der Waals surface area (Å²) in [7, 11) is 1.39. The molecule has 0 radical (unpaired) electrons. The zero-order chi connectivity index (χ0) is 14.6. The van der Waals surface area contributed by atoms with Crippen molar-refractivity contribution in [3.63, 3.8) is 0 Å². The van der Waals surface area contributed by atoms with Gasteiger partial charge in [0.25, 0.3) is 0 Å². The lowest BCUT2D eigenvalue weighted by molar-refractivity contribution is -0.144. The van der Waals surface area contributed by atoms with Crippen LogP contribution in [0.3, 0.4) is 0 Å². The number of alkyl halides is 3. The third kappa shape index (κ3) is 5.30. The number of carboxylic acids is 1. The Kier molecular flexibility index (Phi) is 4.94. The van der Waals surface area contributed by atoms with E-state index in [9.17, 15) is 18.0 Å². The molecule has 1 rings (SSSR count). The Morgan fingerprint density at radius 1 is 1.32 bits per heavy atom. The van der Waals surface area contributed by atoms with Crippen LogP contribution in [-0.4, -0.2) is 35.7 Å². The maximum atomic E-state index is 12.2. The van der Waals surface area contributed by atoms with E-state index in [1.54, 1.807) is 31.2 Å². The molecule has 1 aromatic rings. The molecule has 1 N–H and O–H groups in total. The summed E-state index contributed by atoms with van der Waals surface area (Å²) < 4.78 is 36.5. The number of benzene rings is 1. The standard InChI is InChI=1S/C13H16F3NO2/c1-9(12(18)19)11-5-3-10(4-6-11)7-17(2)8-13(14,15)16/h3-6,9H,7-8H2,1-2H3,(H,18,19). The molecule has 0 saturated carbocycles. The van der Waals surface area contributed by atoms with Crippen LogP contribution >= 0.6 is 0 Å². The molecule has 1 atom stereocenters. The summed E-state index contributed by atoms with van der Waals surface area (Å²) in [6.45, 7) is 0.759. The Hall–Kier alpha value is -1.56. The third-order valence-corrected chi connectivity index (χ3v) is 2.75. The summed E-state index contributed by atoms with van der Waals surface area (Å²) in [4.78, 5) is 11.9. The molecule has 0 aliphatic rings. The van der Waals surface area contributed by atoms with Crippen LogP contribution in [-0.2, 0) is 11.3 Å². The van der Waals surface area contributed by atoms with Crippen molar-refractivity contribution in [3.05, 3.63) is 35.4 Å². The normalized spacial score (nSPS) is 13.6. The van der Waals surface area contributed by atoms with Crippen LogP contribution in [0.2, 0.25) is 0 Å². The van der Waals surface area contributed by atoms with Crippen LogP contribution in [0.4, 0.5) is 13.2 Å². The van der Waals surface area contributed by atoms with Crippen molar-refractivity contribution in [2.45, 2.75) is 25.6 Å².